The second-order valence-corrected chi connectivity index (χ2v) is 4.82. The van der Waals surface area contributed by atoms with E-state index in [-0.39, 0.29) is 12.1 Å². The van der Waals surface area contributed by atoms with Crippen molar-refractivity contribution in [3.8, 4) is 5.75 Å². The molecule has 6 heteroatoms. The highest BCUT2D eigenvalue weighted by Gasteiger charge is 2.17. The summed E-state index contributed by atoms with van der Waals surface area (Å²) < 4.78 is 18.6. The zero-order valence-corrected chi connectivity index (χ0v) is 11.6. The highest BCUT2D eigenvalue weighted by atomic mass is 35.5. The molecular weight excluding hydrogens is 281 g/mol. The average Bonchev–Trinajstić information content (AvgIpc) is 2.41. The Morgan fingerprint density at radius 1 is 1.20 bits per heavy atom. The number of hydrogen-bond acceptors (Lipinski definition) is 3. The molecule has 0 unspecified atom stereocenters. The van der Waals surface area contributed by atoms with Gasteiger partial charge in [-0.2, -0.15) is 0 Å². The zero-order valence-electron chi connectivity index (χ0n) is 10.8. The lowest BCUT2D eigenvalue weighted by molar-refractivity contribution is 0.306. The molecule has 0 spiro atoms. The summed E-state index contributed by atoms with van der Waals surface area (Å²) in [6.45, 7) is 1.96. The van der Waals surface area contributed by atoms with Gasteiger partial charge in [0.15, 0.2) is 0 Å². The second-order valence-electron chi connectivity index (χ2n) is 4.42. The predicted octanol–water partition coefficient (Wildman–Crippen LogP) is 2.05. The van der Waals surface area contributed by atoms with Crippen molar-refractivity contribution in [1.82, 2.24) is 0 Å². The van der Waals surface area contributed by atoms with E-state index >= 15 is 0 Å². The molecular formula is C14H13BClFO3. The molecule has 0 aliphatic heterocycles. The largest absolute Gasteiger partial charge is 0.489 e. The maximum Gasteiger partial charge on any atom is 0.488 e. The topological polar surface area (TPSA) is 49.7 Å². The molecule has 0 aliphatic carbocycles. The Balaban J connectivity index is 2.16. The minimum atomic E-state index is -1.74. The van der Waals surface area contributed by atoms with E-state index in [4.69, 9.17) is 16.3 Å². The normalized spacial score (nSPS) is 10.4. The molecule has 2 aromatic carbocycles. The van der Waals surface area contributed by atoms with Crippen molar-refractivity contribution < 1.29 is 19.2 Å². The van der Waals surface area contributed by atoms with Crippen LogP contribution in [0.2, 0.25) is 5.02 Å². The van der Waals surface area contributed by atoms with Crippen LogP contribution in [0.15, 0.2) is 36.4 Å². The summed E-state index contributed by atoms with van der Waals surface area (Å²) in [6.07, 6.45) is 0. The van der Waals surface area contributed by atoms with Crippen LogP contribution in [-0.2, 0) is 6.61 Å². The van der Waals surface area contributed by atoms with E-state index < -0.39 is 12.9 Å². The number of rotatable bonds is 4. The molecule has 0 saturated carbocycles. The van der Waals surface area contributed by atoms with Gasteiger partial charge in [-0.05, 0) is 53.8 Å². The van der Waals surface area contributed by atoms with Gasteiger partial charge >= 0.3 is 7.12 Å². The fourth-order valence-corrected chi connectivity index (χ4v) is 1.92. The van der Waals surface area contributed by atoms with Gasteiger partial charge in [0.1, 0.15) is 18.2 Å². The minimum absolute atomic E-state index is 0.0932. The maximum atomic E-state index is 13.1. The number of ether oxygens (including phenoxy) is 1. The second kappa shape index (κ2) is 6.26. The summed E-state index contributed by atoms with van der Waals surface area (Å²) in [6, 6.07) is 9.01. The molecule has 2 aromatic rings. The number of aryl methyl sites for hydroxylation is 1. The van der Waals surface area contributed by atoms with Crippen molar-refractivity contribution in [2.75, 3.05) is 0 Å². The zero-order chi connectivity index (χ0) is 14.7. The molecule has 2 rings (SSSR count). The lowest BCUT2D eigenvalue weighted by Crippen LogP contribution is -2.34. The highest BCUT2D eigenvalue weighted by molar-refractivity contribution is 6.59. The van der Waals surface area contributed by atoms with Crippen LogP contribution >= 0.6 is 11.6 Å². The molecule has 0 saturated heterocycles. The molecule has 0 heterocycles. The molecule has 0 fully saturated rings. The number of benzene rings is 2. The van der Waals surface area contributed by atoms with E-state index in [1.807, 2.05) is 6.92 Å². The minimum Gasteiger partial charge on any atom is -0.489 e. The quantitative estimate of drug-likeness (QED) is 0.849. The molecule has 0 bridgehead atoms. The summed E-state index contributed by atoms with van der Waals surface area (Å²) in [5.74, 6) is 0.0776. The van der Waals surface area contributed by atoms with Gasteiger partial charge in [0.2, 0.25) is 0 Å². The van der Waals surface area contributed by atoms with Gasteiger partial charge in [-0.3, -0.25) is 0 Å². The van der Waals surface area contributed by atoms with E-state index in [9.17, 15) is 14.4 Å². The first kappa shape index (κ1) is 14.8. The summed E-state index contributed by atoms with van der Waals surface area (Å²) in [4.78, 5) is 0. The maximum absolute atomic E-state index is 13.1. The average molecular weight is 295 g/mol. The van der Waals surface area contributed by atoms with Crippen LogP contribution in [0.25, 0.3) is 0 Å². The van der Waals surface area contributed by atoms with Crippen molar-refractivity contribution in [2.24, 2.45) is 0 Å². The van der Waals surface area contributed by atoms with Gasteiger partial charge in [0.25, 0.3) is 0 Å². The van der Waals surface area contributed by atoms with Crippen LogP contribution in [0, 0.1) is 12.7 Å². The number of halogens is 2. The van der Waals surface area contributed by atoms with Crippen LogP contribution in [0.4, 0.5) is 4.39 Å². The lowest BCUT2D eigenvalue weighted by Gasteiger charge is -2.11. The lowest BCUT2D eigenvalue weighted by atomic mass is 9.77. The molecule has 0 aliphatic rings. The summed E-state index contributed by atoms with van der Waals surface area (Å²) >= 11 is 5.92. The summed E-state index contributed by atoms with van der Waals surface area (Å²) in [5.41, 5.74) is 1.48. The standard InChI is InChI=1S/C14H13BClFO3/c1-9-6-12(4-5-14(9)16)20-8-10-2-3-11(17)7-13(10)15(18)19/h2-7,18-19H,8H2,1H3. The van der Waals surface area contributed by atoms with E-state index in [1.165, 1.54) is 12.1 Å². The molecule has 0 amide bonds. The summed E-state index contributed by atoms with van der Waals surface area (Å²) in [5, 5.41) is 19.1. The Morgan fingerprint density at radius 2 is 1.95 bits per heavy atom. The summed E-state index contributed by atoms with van der Waals surface area (Å²) in [7, 11) is -1.74. The van der Waals surface area contributed by atoms with Gasteiger partial charge < -0.3 is 14.8 Å². The Morgan fingerprint density at radius 3 is 2.60 bits per heavy atom. The molecule has 20 heavy (non-hydrogen) atoms. The third kappa shape index (κ3) is 3.51. The fraction of sp³-hybridized carbons (Fsp3) is 0.143. The van der Waals surface area contributed by atoms with Gasteiger partial charge in [-0.15, -0.1) is 0 Å². The Labute approximate surface area is 121 Å². The van der Waals surface area contributed by atoms with E-state index in [2.05, 4.69) is 0 Å². The Bertz CT molecular complexity index is 619. The third-order valence-corrected chi connectivity index (χ3v) is 3.33. The SMILES string of the molecule is Cc1cc(OCc2ccc(F)cc2B(O)O)ccc1Cl. The Hall–Kier alpha value is -1.56. The predicted molar refractivity (Wildman–Crippen MR) is 76.7 cm³/mol. The monoisotopic (exact) mass is 294 g/mol. The first-order valence-corrected chi connectivity index (χ1v) is 6.38. The molecule has 104 valence electrons. The van der Waals surface area contributed by atoms with Gasteiger partial charge in [-0.1, -0.05) is 17.7 Å². The van der Waals surface area contributed by atoms with E-state index in [0.717, 1.165) is 11.6 Å². The fourth-order valence-electron chi connectivity index (χ4n) is 1.81. The number of hydrogen-bond donors (Lipinski definition) is 2. The van der Waals surface area contributed by atoms with Crippen molar-refractivity contribution in [1.29, 1.82) is 0 Å². The first-order valence-electron chi connectivity index (χ1n) is 6.01. The van der Waals surface area contributed by atoms with Gasteiger partial charge in [0, 0.05) is 5.02 Å². The van der Waals surface area contributed by atoms with Crippen LogP contribution in [0.1, 0.15) is 11.1 Å². The van der Waals surface area contributed by atoms with E-state index in [0.29, 0.717) is 16.3 Å². The van der Waals surface area contributed by atoms with Crippen molar-refractivity contribution in [2.45, 2.75) is 13.5 Å². The van der Waals surface area contributed by atoms with Crippen LogP contribution < -0.4 is 10.2 Å². The first-order chi connectivity index (χ1) is 9.47. The van der Waals surface area contributed by atoms with Gasteiger partial charge in [0.05, 0.1) is 0 Å². The third-order valence-electron chi connectivity index (χ3n) is 2.91. The Kier molecular flexibility index (Phi) is 4.65. The smallest absolute Gasteiger partial charge is 0.488 e. The van der Waals surface area contributed by atoms with Crippen LogP contribution in [0.3, 0.4) is 0 Å². The van der Waals surface area contributed by atoms with E-state index in [1.54, 1.807) is 18.2 Å². The molecule has 2 N–H and O–H groups in total. The van der Waals surface area contributed by atoms with Crippen molar-refractivity contribution in [3.05, 3.63) is 58.4 Å². The highest BCUT2D eigenvalue weighted by Crippen LogP contribution is 2.21. The molecule has 3 nitrogen and oxygen atoms in total. The van der Waals surface area contributed by atoms with Crippen molar-refractivity contribution in [3.63, 3.8) is 0 Å². The molecule has 0 radical (unpaired) electrons. The van der Waals surface area contributed by atoms with Gasteiger partial charge in [-0.25, -0.2) is 4.39 Å². The van der Waals surface area contributed by atoms with Crippen LogP contribution in [0.5, 0.6) is 5.75 Å². The molecule has 0 atom stereocenters. The van der Waals surface area contributed by atoms with Crippen LogP contribution in [-0.4, -0.2) is 17.2 Å². The molecule has 0 aromatic heterocycles. The van der Waals surface area contributed by atoms with Crippen molar-refractivity contribution >= 4 is 24.2 Å².